The summed E-state index contributed by atoms with van der Waals surface area (Å²) in [5, 5.41) is 4.51. The molecule has 0 atom stereocenters. The van der Waals surface area contributed by atoms with Crippen LogP contribution in [0, 0.1) is 0 Å². The van der Waals surface area contributed by atoms with Crippen LogP contribution in [0.25, 0.3) is 10.8 Å². The van der Waals surface area contributed by atoms with Crippen LogP contribution in [-0.2, 0) is 6.42 Å². The van der Waals surface area contributed by atoms with Crippen molar-refractivity contribution < 1.29 is 4.74 Å². The number of fused-ring (bicyclic) bond motifs is 1. The van der Waals surface area contributed by atoms with E-state index in [4.69, 9.17) is 4.74 Å². The summed E-state index contributed by atoms with van der Waals surface area (Å²) in [4.78, 5) is 1.36. The zero-order valence-electron chi connectivity index (χ0n) is 10.3. The van der Waals surface area contributed by atoms with Crippen molar-refractivity contribution in [2.75, 3.05) is 6.61 Å². The molecule has 1 heterocycles. The number of hydrogen-bond acceptors (Lipinski definition) is 2. The summed E-state index contributed by atoms with van der Waals surface area (Å²) in [6.07, 6.45) is 0.955. The number of halogens is 1. The number of thiophene rings is 1. The number of benzene rings is 2. The molecule has 1 aromatic heterocycles. The minimum atomic E-state index is 0.706. The SMILES string of the molecule is Brc1c(OCCc2cccs2)ccc2ccccc12. The first-order valence-electron chi connectivity index (χ1n) is 6.17. The van der Waals surface area contributed by atoms with Crippen molar-refractivity contribution in [1.82, 2.24) is 0 Å². The molecule has 0 radical (unpaired) electrons. The van der Waals surface area contributed by atoms with E-state index in [1.54, 1.807) is 11.3 Å². The molecule has 0 amide bonds. The lowest BCUT2D eigenvalue weighted by molar-refractivity contribution is 0.321. The van der Waals surface area contributed by atoms with Crippen molar-refractivity contribution in [2.45, 2.75) is 6.42 Å². The minimum Gasteiger partial charge on any atom is -0.492 e. The van der Waals surface area contributed by atoms with E-state index in [0.717, 1.165) is 16.6 Å². The summed E-state index contributed by atoms with van der Waals surface area (Å²) >= 11 is 5.41. The predicted molar refractivity (Wildman–Crippen MR) is 85.2 cm³/mol. The van der Waals surface area contributed by atoms with Gasteiger partial charge in [0, 0.05) is 11.3 Å². The fourth-order valence-electron chi connectivity index (χ4n) is 2.04. The van der Waals surface area contributed by atoms with Gasteiger partial charge in [0.1, 0.15) is 5.75 Å². The van der Waals surface area contributed by atoms with Gasteiger partial charge in [0.05, 0.1) is 11.1 Å². The van der Waals surface area contributed by atoms with Gasteiger partial charge in [-0.2, -0.15) is 0 Å². The molecular formula is C16H13BrOS. The molecule has 0 N–H and O–H groups in total. The summed E-state index contributed by atoms with van der Waals surface area (Å²) in [5.41, 5.74) is 0. The van der Waals surface area contributed by atoms with Crippen LogP contribution in [0.1, 0.15) is 4.88 Å². The fraction of sp³-hybridized carbons (Fsp3) is 0.125. The van der Waals surface area contributed by atoms with Gasteiger partial charge in [-0.3, -0.25) is 0 Å². The van der Waals surface area contributed by atoms with E-state index in [9.17, 15) is 0 Å². The third-order valence-corrected chi connectivity index (χ3v) is 4.77. The monoisotopic (exact) mass is 332 g/mol. The Morgan fingerprint density at radius 3 is 2.74 bits per heavy atom. The fourth-order valence-corrected chi connectivity index (χ4v) is 3.34. The van der Waals surface area contributed by atoms with Gasteiger partial charge in [-0.25, -0.2) is 0 Å². The van der Waals surface area contributed by atoms with Crippen LogP contribution in [0.5, 0.6) is 5.75 Å². The highest BCUT2D eigenvalue weighted by molar-refractivity contribution is 9.10. The molecule has 2 aromatic carbocycles. The first-order valence-corrected chi connectivity index (χ1v) is 7.84. The van der Waals surface area contributed by atoms with Gasteiger partial charge in [-0.1, -0.05) is 36.4 Å². The van der Waals surface area contributed by atoms with Gasteiger partial charge in [-0.05, 0) is 44.2 Å². The van der Waals surface area contributed by atoms with Crippen molar-refractivity contribution >= 4 is 38.0 Å². The van der Waals surface area contributed by atoms with E-state index >= 15 is 0 Å². The Kier molecular flexibility index (Phi) is 3.85. The second-order valence-electron chi connectivity index (χ2n) is 4.28. The highest BCUT2D eigenvalue weighted by Crippen LogP contribution is 2.33. The Bertz CT molecular complexity index is 676. The van der Waals surface area contributed by atoms with E-state index in [2.05, 4.69) is 51.6 Å². The van der Waals surface area contributed by atoms with Crippen LogP contribution in [0.3, 0.4) is 0 Å². The van der Waals surface area contributed by atoms with E-state index < -0.39 is 0 Å². The lowest BCUT2D eigenvalue weighted by atomic mass is 10.1. The molecule has 3 rings (SSSR count). The molecule has 19 heavy (non-hydrogen) atoms. The van der Waals surface area contributed by atoms with E-state index in [1.807, 2.05) is 18.2 Å². The molecular weight excluding hydrogens is 320 g/mol. The van der Waals surface area contributed by atoms with Crippen molar-refractivity contribution in [3.8, 4) is 5.75 Å². The molecule has 0 saturated carbocycles. The Balaban J connectivity index is 1.76. The molecule has 0 spiro atoms. The molecule has 0 aliphatic carbocycles. The van der Waals surface area contributed by atoms with E-state index in [0.29, 0.717) is 6.61 Å². The molecule has 0 aliphatic heterocycles. The topological polar surface area (TPSA) is 9.23 Å². The normalized spacial score (nSPS) is 10.8. The van der Waals surface area contributed by atoms with Gasteiger partial charge in [0.15, 0.2) is 0 Å². The highest BCUT2D eigenvalue weighted by Gasteiger charge is 2.05. The zero-order valence-corrected chi connectivity index (χ0v) is 12.7. The predicted octanol–water partition coefficient (Wildman–Crippen LogP) is 5.29. The first-order chi connectivity index (χ1) is 9.34. The van der Waals surface area contributed by atoms with E-state index in [-0.39, 0.29) is 0 Å². The Hall–Kier alpha value is -1.32. The van der Waals surface area contributed by atoms with Crippen molar-refractivity contribution in [3.05, 3.63) is 63.3 Å². The first kappa shape index (κ1) is 12.7. The smallest absolute Gasteiger partial charge is 0.134 e. The zero-order chi connectivity index (χ0) is 13.1. The molecule has 0 aliphatic rings. The lowest BCUT2D eigenvalue weighted by Gasteiger charge is -2.09. The summed E-state index contributed by atoms with van der Waals surface area (Å²) in [5.74, 6) is 0.912. The average Bonchev–Trinajstić information content (AvgIpc) is 2.95. The van der Waals surface area contributed by atoms with Gasteiger partial charge in [0.25, 0.3) is 0 Å². The minimum absolute atomic E-state index is 0.706. The van der Waals surface area contributed by atoms with Crippen molar-refractivity contribution in [1.29, 1.82) is 0 Å². The Morgan fingerprint density at radius 2 is 1.89 bits per heavy atom. The van der Waals surface area contributed by atoms with Crippen molar-refractivity contribution in [2.24, 2.45) is 0 Å². The van der Waals surface area contributed by atoms with Gasteiger partial charge in [0.2, 0.25) is 0 Å². The molecule has 96 valence electrons. The lowest BCUT2D eigenvalue weighted by Crippen LogP contribution is -2.00. The van der Waals surface area contributed by atoms with Crippen LogP contribution >= 0.6 is 27.3 Å². The Labute approximate surface area is 125 Å². The second-order valence-corrected chi connectivity index (χ2v) is 6.10. The molecule has 0 saturated heterocycles. The van der Waals surface area contributed by atoms with Gasteiger partial charge in [-0.15, -0.1) is 11.3 Å². The number of hydrogen-bond donors (Lipinski definition) is 0. The summed E-state index contributed by atoms with van der Waals surface area (Å²) in [6.45, 7) is 0.706. The standard InChI is InChI=1S/C16H13BrOS/c17-16-14-6-2-1-4-12(14)7-8-15(16)18-10-9-13-5-3-11-19-13/h1-8,11H,9-10H2. The van der Waals surface area contributed by atoms with Crippen LogP contribution in [0.15, 0.2) is 58.4 Å². The van der Waals surface area contributed by atoms with Crippen LogP contribution in [0.2, 0.25) is 0 Å². The molecule has 0 fully saturated rings. The third kappa shape index (κ3) is 2.82. The van der Waals surface area contributed by atoms with Gasteiger partial charge >= 0.3 is 0 Å². The molecule has 1 nitrogen and oxygen atoms in total. The van der Waals surface area contributed by atoms with Crippen LogP contribution < -0.4 is 4.74 Å². The second kappa shape index (κ2) is 5.76. The maximum Gasteiger partial charge on any atom is 0.134 e. The molecule has 3 heteroatoms. The quantitative estimate of drug-likeness (QED) is 0.631. The van der Waals surface area contributed by atoms with Crippen LogP contribution in [-0.4, -0.2) is 6.61 Å². The molecule has 0 bridgehead atoms. The maximum absolute atomic E-state index is 5.88. The molecule has 0 unspecified atom stereocenters. The van der Waals surface area contributed by atoms with Crippen LogP contribution in [0.4, 0.5) is 0 Å². The summed E-state index contributed by atoms with van der Waals surface area (Å²) in [7, 11) is 0. The maximum atomic E-state index is 5.88. The van der Waals surface area contributed by atoms with E-state index in [1.165, 1.54) is 15.6 Å². The highest BCUT2D eigenvalue weighted by atomic mass is 79.9. The van der Waals surface area contributed by atoms with Crippen molar-refractivity contribution in [3.63, 3.8) is 0 Å². The summed E-state index contributed by atoms with van der Waals surface area (Å²) in [6, 6.07) is 16.6. The third-order valence-electron chi connectivity index (χ3n) is 3.01. The molecule has 3 aromatic rings. The Morgan fingerprint density at radius 1 is 1.00 bits per heavy atom. The largest absolute Gasteiger partial charge is 0.492 e. The summed E-state index contributed by atoms with van der Waals surface area (Å²) < 4.78 is 6.92. The van der Waals surface area contributed by atoms with Gasteiger partial charge < -0.3 is 4.74 Å². The number of rotatable bonds is 4. The average molecular weight is 333 g/mol. The number of ether oxygens (including phenoxy) is 1.